The van der Waals surface area contributed by atoms with Crippen molar-refractivity contribution in [2.45, 2.75) is 31.5 Å². The molecule has 0 radical (unpaired) electrons. The Morgan fingerprint density at radius 1 is 0.594 bits per heavy atom. The highest BCUT2D eigenvalue weighted by Gasteiger charge is 2.30. The first-order valence-electron chi connectivity index (χ1n) is 11.6. The minimum Gasteiger partial charge on any atom is -0.387 e. The van der Waals surface area contributed by atoms with Gasteiger partial charge in [0.25, 0.3) is 0 Å². The maximum Gasteiger partial charge on any atom is 0.104 e. The van der Waals surface area contributed by atoms with Crippen molar-refractivity contribution in [2.24, 2.45) is 0 Å². The van der Waals surface area contributed by atoms with Crippen molar-refractivity contribution in [3.63, 3.8) is 0 Å². The molecule has 0 aromatic heterocycles. The van der Waals surface area contributed by atoms with Gasteiger partial charge in [-0.2, -0.15) is 0 Å². The van der Waals surface area contributed by atoms with Crippen LogP contribution in [0.25, 0.3) is 11.1 Å². The molecular formula is C30H30NO+. The molecule has 0 saturated heterocycles. The molecule has 32 heavy (non-hydrogen) atoms. The van der Waals surface area contributed by atoms with Crippen LogP contribution < -0.4 is 4.90 Å². The number of benzene rings is 4. The highest BCUT2D eigenvalue weighted by atomic mass is 16.3. The topological polar surface area (TPSA) is 24.7 Å². The second-order valence-electron chi connectivity index (χ2n) is 8.90. The lowest BCUT2D eigenvalue weighted by molar-refractivity contribution is -0.930. The van der Waals surface area contributed by atoms with Crippen LogP contribution in [0.1, 0.15) is 34.6 Å². The number of fused-ring (bicyclic) bond motifs is 3. The molecule has 0 fully saturated rings. The monoisotopic (exact) mass is 420 g/mol. The molecule has 2 N–H and O–H groups in total. The lowest BCUT2D eigenvalue weighted by Crippen LogP contribution is -3.10. The highest BCUT2D eigenvalue weighted by Crippen LogP contribution is 2.46. The Kier molecular flexibility index (Phi) is 6.15. The minimum absolute atomic E-state index is 0.257. The summed E-state index contributed by atoms with van der Waals surface area (Å²) in [5.41, 5.74) is 7.95. The molecule has 160 valence electrons. The first-order valence-corrected chi connectivity index (χ1v) is 11.6. The summed E-state index contributed by atoms with van der Waals surface area (Å²) in [6.07, 6.45) is 0.378. The predicted molar refractivity (Wildman–Crippen MR) is 130 cm³/mol. The highest BCUT2D eigenvalue weighted by molar-refractivity contribution is 5.78. The van der Waals surface area contributed by atoms with Crippen LogP contribution in [0, 0.1) is 0 Å². The van der Waals surface area contributed by atoms with E-state index in [0.29, 0.717) is 0 Å². The Bertz CT molecular complexity index is 1070. The molecule has 2 heteroatoms. The second kappa shape index (κ2) is 9.52. The summed E-state index contributed by atoms with van der Waals surface area (Å²) in [5.74, 6) is 0.257. The molecule has 0 bridgehead atoms. The molecule has 0 unspecified atom stereocenters. The van der Waals surface area contributed by atoms with E-state index in [4.69, 9.17) is 0 Å². The third-order valence-corrected chi connectivity index (χ3v) is 6.59. The van der Waals surface area contributed by atoms with E-state index >= 15 is 0 Å². The Labute approximate surface area is 190 Å². The maximum atomic E-state index is 11.3. The summed E-state index contributed by atoms with van der Waals surface area (Å²) >= 11 is 0. The van der Waals surface area contributed by atoms with Crippen LogP contribution in [-0.4, -0.2) is 17.8 Å². The number of aliphatic hydroxyl groups is 1. The fraction of sp³-hybridized carbons (Fsp3) is 0.200. The van der Waals surface area contributed by atoms with E-state index in [1.807, 2.05) is 0 Å². The summed E-state index contributed by atoms with van der Waals surface area (Å²) in [5, 5.41) is 11.3. The van der Waals surface area contributed by atoms with E-state index in [2.05, 4.69) is 109 Å². The Balaban J connectivity index is 1.35. The molecule has 5 rings (SSSR count). The molecule has 0 spiro atoms. The molecule has 1 aliphatic rings. The van der Waals surface area contributed by atoms with E-state index in [-0.39, 0.29) is 12.0 Å². The van der Waals surface area contributed by atoms with Crippen LogP contribution in [0.15, 0.2) is 109 Å². The first-order chi connectivity index (χ1) is 15.8. The molecule has 2 nitrogen and oxygen atoms in total. The molecule has 1 atom stereocenters. The second-order valence-corrected chi connectivity index (χ2v) is 8.90. The normalized spacial score (nSPS) is 13.7. The largest absolute Gasteiger partial charge is 0.387 e. The summed E-state index contributed by atoms with van der Waals surface area (Å²) in [6.45, 7) is 2.54. The van der Waals surface area contributed by atoms with Gasteiger partial charge >= 0.3 is 0 Å². The third kappa shape index (κ3) is 4.52. The third-order valence-electron chi connectivity index (χ3n) is 6.59. The average Bonchev–Trinajstić information content (AvgIpc) is 3.14. The molecule has 0 heterocycles. The van der Waals surface area contributed by atoms with Crippen molar-refractivity contribution in [1.29, 1.82) is 0 Å². The Hall–Kier alpha value is -3.20. The smallest absolute Gasteiger partial charge is 0.104 e. The number of nitrogens with one attached hydrogen (secondary N) is 1. The summed E-state index contributed by atoms with van der Waals surface area (Å²) < 4.78 is 0. The van der Waals surface area contributed by atoms with Gasteiger partial charge in [0.05, 0.1) is 0 Å². The van der Waals surface area contributed by atoms with E-state index in [1.54, 1.807) is 0 Å². The van der Waals surface area contributed by atoms with Crippen molar-refractivity contribution >= 4 is 0 Å². The van der Waals surface area contributed by atoms with Crippen LogP contribution in [0.5, 0.6) is 0 Å². The molecule has 0 amide bonds. The summed E-state index contributed by atoms with van der Waals surface area (Å²) in [6, 6.07) is 38.6. The summed E-state index contributed by atoms with van der Waals surface area (Å²) in [4.78, 5) is 1.38. The first kappa shape index (κ1) is 20.7. The van der Waals surface area contributed by atoms with Gasteiger partial charge in [0, 0.05) is 17.0 Å². The van der Waals surface area contributed by atoms with Gasteiger partial charge in [-0.1, -0.05) is 109 Å². The number of hydrogen-bond acceptors (Lipinski definition) is 1. The van der Waals surface area contributed by atoms with Gasteiger partial charge in [0.1, 0.15) is 25.7 Å². The van der Waals surface area contributed by atoms with E-state index in [0.717, 1.165) is 26.1 Å². The maximum absolute atomic E-state index is 11.3. The van der Waals surface area contributed by atoms with Gasteiger partial charge in [-0.25, -0.2) is 0 Å². The van der Waals surface area contributed by atoms with Crippen molar-refractivity contribution in [3.8, 4) is 11.1 Å². The van der Waals surface area contributed by atoms with E-state index in [9.17, 15) is 5.11 Å². The Morgan fingerprint density at radius 3 is 1.53 bits per heavy atom. The Morgan fingerprint density at radius 2 is 1.03 bits per heavy atom. The van der Waals surface area contributed by atoms with Gasteiger partial charge in [-0.3, -0.25) is 0 Å². The SMILES string of the molecule is O[C@@H](CC1c2ccccc2-c2ccccc21)C[NH+](Cc1ccccc1)Cc1ccccc1. The van der Waals surface area contributed by atoms with E-state index < -0.39 is 0 Å². The zero-order chi connectivity index (χ0) is 21.8. The fourth-order valence-corrected chi connectivity index (χ4v) is 5.18. The molecular weight excluding hydrogens is 390 g/mol. The number of aliphatic hydroxyl groups excluding tert-OH is 1. The van der Waals surface area contributed by atoms with Crippen LogP contribution in [0.3, 0.4) is 0 Å². The zero-order valence-electron chi connectivity index (χ0n) is 18.3. The number of hydrogen-bond donors (Lipinski definition) is 2. The molecule has 4 aromatic carbocycles. The zero-order valence-corrected chi connectivity index (χ0v) is 18.3. The van der Waals surface area contributed by atoms with Crippen LogP contribution >= 0.6 is 0 Å². The minimum atomic E-state index is -0.373. The van der Waals surface area contributed by atoms with Crippen LogP contribution in [-0.2, 0) is 13.1 Å². The van der Waals surface area contributed by atoms with Gasteiger partial charge in [-0.05, 0) is 28.7 Å². The number of quaternary nitrogens is 1. The van der Waals surface area contributed by atoms with Crippen molar-refractivity contribution < 1.29 is 10.0 Å². The summed E-state index contributed by atoms with van der Waals surface area (Å²) in [7, 11) is 0. The lowest BCUT2D eigenvalue weighted by Gasteiger charge is -2.25. The van der Waals surface area contributed by atoms with Gasteiger partial charge in [0.15, 0.2) is 0 Å². The average molecular weight is 421 g/mol. The van der Waals surface area contributed by atoms with Crippen LogP contribution in [0.4, 0.5) is 0 Å². The standard InChI is InChI=1S/C30H29NO/c32-25(19-30-28-17-9-7-15-26(28)27-16-8-10-18-29(27)30)22-31(20-23-11-3-1-4-12-23)21-24-13-5-2-6-14-24/h1-18,25,30,32H,19-22H2/p+1/t25-/m0/s1. The molecule has 1 aliphatic carbocycles. The fourth-order valence-electron chi connectivity index (χ4n) is 5.18. The number of rotatable bonds is 8. The molecule has 0 saturated carbocycles. The lowest BCUT2D eigenvalue weighted by atomic mass is 9.91. The quantitative estimate of drug-likeness (QED) is 0.419. The van der Waals surface area contributed by atoms with Crippen molar-refractivity contribution in [3.05, 3.63) is 131 Å². The predicted octanol–water partition coefficient (Wildman–Crippen LogP) is 4.84. The van der Waals surface area contributed by atoms with Crippen molar-refractivity contribution in [1.82, 2.24) is 0 Å². The van der Waals surface area contributed by atoms with Crippen molar-refractivity contribution in [2.75, 3.05) is 6.54 Å². The van der Waals surface area contributed by atoms with Gasteiger partial charge < -0.3 is 10.0 Å². The molecule has 4 aromatic rings. The molecule has 0 aliphatic heterocycles. The van der Waals surface area contributed by atoms with Gasteiger partial charge in [-0.15, -0.1) is 0 Å². The van der Waals surface area contributed by atoms with Gasteiger partial charge in [0.2, 0.25) is 0 Å². The van der Waals surface area contributed by atoms with E-state index in [1.165, 1.54) is 38.3 Å². The van der Waals surface area contributed by atoms with Crippen LogP contribution in [0.2, 0.25) is 0 Å².